The fraction of sp³-hybridized carbons (Fsp3) is 0.417. The summed E-state index contributed by atoms with van der Waals surface area (Å²) in [5.74, 6) is -0.289. The molecule has 1 atom stereocenters. The standard InChI is InChI=1S/C12H16N2O5S/c1-19-9-4-2-5-10(8-9)20(17,18)14-7-3-6-11(14)12(15)13-16/h2,4-5,8,11,16H,3,6-7H2,1H3,(H,13,15). The molecule has 2 N–H and O–H groups in total. The van der Waals surface area contributed by atoms with E-state index < -0.39 is 22.0 Å². The third-order valence-corrected chi connectivity index (χ3v) is 5.17. The van der Waals surface area contributed by atoms with Crippen molar-refractivity contribution in [3.63, 3.8) is 0 Å². The van der Waals surface area contributed by atoms with Crippen molar-refractivity contribution in [1.29, 1.82) is 0 Å². The molecule has 2 rings (SSSR count). The third-order valence-electron chi connectivity index (χ3n) is 3.26. The first-order valence-electron chi connectivity index (χ1n) is 6.10. The van der Waals surface area contributed by atoms with Crippen molar-refractivity contribution in [2.24, 2.45) is 0 Å². The molecule has 20 heavy (non-hydrogen) atoms. The lowest BCUT2D eigenvalue weighted by Gasteiger charge is -2.22. The van der Waals surface area contributed by atoms with E-state index in [1.165, 1.54) is 24.7 Å². The van der Waals surface area contributed by atoms with Gasteiger partial charge in [0.05, 0.1) is 12.0 Å². The third kappa shape index (κ3) is 2.62. The van der Waals surface area contributed by atoms with E-state index in [-0.39, 0.29) is 11.4 Å². The number of hydroxylamine groups is 1. The van der Waals surface area contributed by atoms with Gasteiger partial charge in [0.1, 0.15) is 11.8 Å². The number of nitrogens with one attached hydrogen (secondary N) is 1. The van der Waals surface area contributed by atoms with Crippen LogP contribution in [0.3, 0.4) is 0 Å². The predicted molar refractivity (Wildman–Crippen MR) is 69.8 cm³/mol. The molecule has 0 aliphatic carbocycles. The summed E-state index contributed by atoms with van der Waals surface area (Å²) in [5, 5.41) is 8.69. The quantitative estimate of drug-likeness (QED) is 0.618. The molecule has 1 unspecified atom stereocenters. The van der Waals surface area contributed by atoms with E-state index in [0.717, 1.165) is 4.31 Å². The Balaban J connectivity index is 2.36. The normalized spacial score (nSPS) is 19.8. The van der Waals surface area contributed by atoms with E-state index in [4.69, 9.17) is 9.94 Å². The molecular weight excluding hydrogens is 284 g/mol. The van der Waals surface area contributed by atoms with Crippen LogP contribution in [0.1, 0.15) is 12.8 Å². The van der Waals surface area contributed by atoms with Crippen LogP contribution in [0.15, 0.2) is 29.2 Å². The molecule has 7 nitrogen and oxygen atoms in total. The van der Waals surface area contributed by atoms with Gasteiger partial charge in [0.25, 0.3) is 5.91 Å². The van der Waals surface area contributed by atoms with E-state index in [9.17, 15) is 13.2 Å². The monoisotopic (exact) mass is 300 g/mol. The summed E-state index contributed by atoms with van der Waals surface area (Å²) >= 11 is 0. The number of sulfonamides is 1. The second-order valence-corrected chi connectivity index (χ2v) is 6.32. The summed E-state index contributed by atoms with van der Waals surface area (Å²) < 4.78 is 31.2. The minimum absolute atomic E-state index is 0.0643. The first kappa shape index (κ1) is 14.8. The molecule has 1 aromatic rings. The number of ether oxygens (including phenoxy) is 1. The summed E-state index contributed by atoms with van der Waals surface area (Å²) in [4.78, 5) is 11.6. The molecule has 0 spiro atoms. The smallest absolute Gasteiger partial charge is 0.261 e. The lowest BCUT2D eigenvalue weighted by atomic mass is 10.2. The first-order chi connectivity index (χ1) is 9.50. The zero-order valence-electron chi connectivity index (χ0n) is 10.9. The Morgan fingerprint density at radius 3 is 2.90 bits per heavy atom. The molecule has 1 saturated heterocycles. The van der Waals surface area contributed by atoms with Crippen LogP contribution >= 0.6 is 0 Å². The highest BCUT2D eigenvalue weighted by atomic mass is 32.2. The van der Waals surface area contributed by atoms with E-state index in [0.29, 0.717) is 18.6 Å². The topological polar surface area (TPSA) is 95.9 Å². The number of carbonyl (C=O) groups excluding carboxylic acids is 1. The Hall–Kier alpha value is -1.64. The van der Waals surface area contributed by atoms with Gasteiger partial charge in [0.2, 0.25) is 10.0 Å². The molecule has 1 aliphatic rings. The van der Waals surface area contributed by atoms with Crippen molar-refractivity contribution in [2.45, 2.75) is 23.8 Å². The number of nitrogens with zero attached hydrogens (tertiary/aromatic N) is 1. The summed E-state index contributed by atoms with van der Waals surface area (Å²) in [6.45, 7) is 0.248. The molecule has 1 amide bonds. The van der Waals surface area contributed by atoms with Gasteiger partial charge in [-0.2, -0.15) is 4.31 Å². The van der Waals surface area contributed by atoms with E-state index in [1.807, 2.05) is 0 Å². The second kappa shape index (κ2) is 5.78. The van der Waals surface area contributed by atoms with Crippen molar-refractivity contribution in [3.05, 3.63) is 24.3 Å². The molecule has 8 heteroatoms. The van der Waals surface area contributed by atoms with Gasteiger partial charge in [-0.05, 0) is 25.0 Å². The SMILES string of the molecule is COc1cccc(S(=O)(=O)N2CCCC2C(=O)NO)c1. The van der Waals surface area contributed by atoms with Gasteiger partial charge < -0.3 is 4.74 Å². The fourth-order valence-corrected chi connectivity index (χ4v) is 3.95. The summed E-state index contributed by atoms with van der Waals surface area (Å²) in [6, 6.07) is 5.19. The van der Waals surface area contributed by atoms with Crippen LogP contribution in [0, 0.1) is 0 Å². The average molecular weight is 300 g/mol. The van der Waals surface area contributed by atoms with E-state index >= 15 is 0 Å². The van der Waals surface area contributed by atoms with Crippen molar-refractivity contribution in [2.75, 3.05) is 13.7 Å². The van der Waals surface area contributed by atoms with Gasteiger partial charge in [0.15, 0.2) is 0 Å². The Bertz CT molecular complexity index is 602. The number of carbonyl (C=O) groups is 1. The average Bonchev–Trinajstić information content (AvgIpc) is 2.96. The summed E-state index contributed by atoms with van der Waals surface area (Å²) in [6.07, 6.45) is 0.955. The number of amides is 1. The molecule has 110 valence electrons. The maximum absolute atomic E-state index is 12.5. The lowest BCUT2D eigenvalue weighted by molar-refractivity contribution is -0.132. The Labute approximate surface area is 117 Å². The summed E-state index contributed by atoms with van der Waals surface area (Å²) in [7, 11) is -2.35. The summed E-state index contributed by atoms with van der Waals surface area (Å²) in [5.41, 5.74) is 1.51. The van der Waals surface area contributed by atoms with Crippen molar-refractivity contribution < 1.29 is 23.2 Å². The maximum atomic E-state index is 12.5. The molecular formula is C12H16N2O5S. The molecule has 0 saturated carbocycles. The highest BCUT2D eigenvalue weighted by molar-refractivity contribution is 7.89. The number of rotatable bonds is 4. The Kier molecular flexibility index (Phi) is 4.26. The molecule has 0 aromatic heterocycles. The van der Waals surface area contributed by atoms with Crippen LogP contribution in [0.5, 0.6) is 5.75 Å². The zero-order valence-corrected chi connectivity index (χ0v) is 11.8. The van der Waals surface area contributed by atoms with Gasteiger partial charge >= 0.3 is 0 Å². The highest BCUT2D eigenvalue weighted by Crippen LogP contribution is 2.27. The van der Waals surface area contributed by atoms with Crippen LogP contribution < -0.4 is 10.2 Å². The molecule has 1 heterocycles. The number of hydrogen-bond acceptors (Lipinski definition) is 5. The molecule has 1 aromatic carbocycles. The van der Waals surface area contributed by atoms with E-state index in [1.54, 1.807) is 12.1 Å². The predicted octanol–water partition coefficient (Wildman–Crippen LogP) is 0.354. The second-order valence-electron chi connectivity index (χ2n) is 4.43. The molecule has 1 fully saturated rings. The number of benzene rings is 1. The van der Waals surface area contributed by atoms with Gasteiger partial charge in [-0.3, -0.25) is 10.0 Å². The first-order valence-corrected chi connectivity index (χ1v) is 7.54. The van der Waals surface area contributed by atoms with Crippen molar-refractivity contribution in [1.82, 2.24) is 9.79 Å². The minimum atomic E-state index is -3.79. The van der Waals surface area contributed by atoms with E-state index in [2.05, 4.69) is 0 Å². The van der Waals surface area contributed by atoms with Crippen LogP contribution in [0.25, 0.3) is 0 Å². The molecule has 0 radical (unpaired) electrons. The van der Waals surface area contributed by atoms with Crippen LogP contribution in [-0.4, -0.2) is 43.5 Å². The highest BCUT2D eigenvalue weighted by Gasteiger charge is 2.39. The fourth-order valence-electron chi connectivity index (χ4n) is 2.26. The lowest BCUT2D eigenvalue weighted by Crippen LogP contribution is -2.44. The van der Waals surface area contributed by atoms with Gasteiger partial charge in [0, 0.05) is 12.6 Å². The molecule has 1 aliphatic heterocycles. The van der Waals surface area contributed by atoms with Gasteiger partial charge in [-0.25, -0.2) is 13.9 Å². The zero-order chi connectivity index (χ0) is 14.8. The molecule has 0 bridgehead atoms. The minimum Gasteiger partial charge on any atom is -0.497 e. The maximum Gasteiger partial charge on any atom is 0.261 e. The largest absolute Gasteiger partial charge is 0.497 e. The Morgan fingerprint density at radius 2 is 2.25 bits per heavy atom. The Morgan fingerprint density at radius 1 is 1.50 bits per heavy atom. The van der Waals surface area contributed by atoms with Crippen molar-refractivity contribution >= 4 is 15.9 Å². The van der Waals surface area contributed by atoms with Gasteiger partial charge in [-0.15, -0.1) is 0 Å². The van der Waals surface area contributed by atoms with Crippen LogP contribution in [0.2, 0.25) is 0 Å². The van der Waals surface area contributed by atoms with Gasteiger partial charge in [-0.1, -0.05) is 6.07 Å². The number of methoxy groups -OCH3 is 1. The van der Waals surface area contributed by atoms with Crippen LogP contribution in [0.4, 0.5) is 0 Å². The van der Waals surface area contributed by atoms with Crippen LogP contribution in [-0.2, 0) is 14.8 Å². The number of hydrogen-bond donors (Lipinski definition) is 2. The van der Waals surface area contributed by atoms with Crippen molar-refractivity contribution in [3.8, 4) is 5.75 Å².